The van der Waals surface area contributed by atoms with E-state index in [2.05, 4.69) is 46.5 Å². The van der Waals surface area contributed by atoms with Gasteiger partial charge in [0, 0.05) is 41.5 Å². The molecule has 0 spiro atoms. The van der Waals surface area contributed by atoms with Gasteiger partial charge < -0.3 is 20.7 Å². The third-order valence-electron chi connectivity index (χ3n) is 8.01. The van der Waals surface area contributed by atoms with Gasteiger partial charge in [-0.15, -0.1) is 11.3 Å². The molecule has 2 unspecified atom stereocenters. The van der Waals surface area contributed by atoms with Crippen LogP contribution in [-0.2, 0) is 0 Å². The Morgan fingerprint density at radius 1 is 1.18 bits per heavy atom. The van der Waals surface area contributed by atoms with E-state index in [9.17, 15) is 14.0 Å². The number of Topliss-reactive ketones (excluding diaryl/α,β-unsaturated/α-hetero) is 1. The summed E-state index contributed by atoms with van der Waals surface area (Å²) in [6.07, 6.45) is 11.3. The number of carbonyl (C=O) groups excluding carboxylic acids is 2. The van der Waals surface area contributed by atoms with Crippen LogP contribution in [-0.4, -0.2) is 42.6 Å². The zero-order valence-corrected chi connectivity index (χ0v) is 27.4. The lowest BCUT2D eigenvalue weighted by atomic mass is 9.90. The molecule has 1 aliphatic carbocycles. The highest BCUT2D eigenvalue weighted by molar-refractivity contribution is 7.17. The lowest BCUT2D eigenvalue weighted by Crippen LogP contribution is -2.30. The summed E-state index contributed by atoms with van der Waals surface area (Å²) in [5.41, 5.74) is 2.21. The molecule has 2 heterocycles. The summed E-state index contributed by atoms with van der Waals surface area (Å²) >= 11 is 1.39. The first kappa shape index (κ1) is 34.0. The molecule has 2 aromatic heterocycles. The van der Waals surface area contributed by atoms with Crippen LogP contribution in [0.1, 0.15) is 87.4 Å². The van der Waals surface area contributed by atoms with Crippen molar-refractivity contribution in [3.8, 4) is 16.3 Å². The first-order valence-corrected chi connectivity index (χ1v) is 16.6. The van der Waals surface area contributed by atoms with E-state index in [1.165, 1.54) is 23.5 Å². The first-order chi connectivity index (χ1) is 21.8. The van der Waals surface area contributed by atoms with Crippen LogP contribution in [0.25, 0.3) is 16.3 Å². The van der Waals surface area contributed by atoms with Crippen molar-refractivity contribution in [2.45, 2.75) is 84.2 Å². The summed E-state index contributed by atoms with van der Waals surface area (Å²) < 4.78 is 21.0. The van der Waals surface area contributed by atoms with E-state index in [1.807, 2.05) is 25.2 Å². The number of amides is 2. The third-order valence-corrected chi connectivity index (χ3v) is 9.17. The van der Waals surface area contributed by atoms with Crippen molar-refractivity contribution in [1.29, 1.82) is 0 Å². The van der Waals surface area contributed by atoms with E-state index < -0.39 is 5.82 Å². The lowest BCUT2D eigenvalue weighted by Gasteiger charge is -2.18. The molecule has 2 atom stereocenters. The maximum absolute atomic E-state index is 15.0. The number of anilines is 1. The number of nitrogens with zero attached hydrogens (tertiary/aromatic N) is 2. The smallest absolute Gasteiger partial charge is 0.319 e. The summed E-state index contributed by atoms with van der Waals surface area (Å²) in [6, 6.07) is 10.2. The molecule has 1 fully saturated rings. The van der Waals surface area contributed by atoms with Gasteiger partial charge in [0.2, 0.25) is 0 Å². The Balaban J connectivity index is 1.43. The minimum absolute atomic E-state index is 0.0134. The lowest BCUT2D eigenvalue weighted by molar-refractivity contribution is 0.0906. The monoisotopic (exact) mass is 633 g/mol. The van der Waals surface area contributed by atoms with Gasteiger partial charge in [0.15, 0.2) is 17.3 Å². The second-order valence-corrected chi connectivity index (χ2v) is 12.4. The number of benzene rings is 1. The van der Waals surface area contributed by atoms with E-state index in [4.69, 9.17) is 4.74 Å². The zero-order chi connectivity index (χ0) is 32.3. The standard InChI is InChI=1S/C35H44FN5O3S/c1-6-10-24(37-4)12-9-11-22(7-2)33(42)23-13-17-28(39-21-23)32-20-29(38-5)34(45-32)30(8-3)44-31-18-16-26(19-27(31)36)41-35(43)40-25-14-15-25/h8,13,16-22,24-25,37H,5-7,9-12,14-15H2,1-4H3,(H2,40,41,43). The summed E-state index contributed by atoms with van der Waals surface area (Å²) in [5, 5.41) is 8.83. The van der Waals surface area contributed by atoms with Crippen molar-refractivity contribution in [3.63, 3.8) is 0 Å². The minimum Gasteiger partial charge on any atom is -0.453 e. The highest BCUT2D eigenvalue weighted by Crippen LogP contribution is 2.41. The molecule has 1 aromatic carbocycles. The number of hydrogen-bond acceptors (Lipinski definition) is 7. The van der Waals surface area contributed by atoms with Gasteiger partial charge in [-0.05, 0) is 95.6 Å². The fourth-order valence-electron chi connectivity index (χ4n) is 5.23. The molecule has 1 saturated carbocycles. The van der Waals surface area contributed by atoms with Crippen LogP contribution in [0.2, 0.25) is 0 Å². The number of halogens is 1. The molecule has 0 aliphatic heterocycles. The zero-order valence-electron chi connectivity index (χ0n) is 26.6. The maximum atomic E-state index is 15.0. The van der Waals surface area contributed by atoms with Gasteiger partial charge in [0.25, 0.3) is 0 Å². The Morgan fingerprint density at radius 3 is 2.58 bits per heavy atom. The summed E-state index contributed by atoms with van der Waals surface area (Å²) in [4.78, 5) is 35.6. The van der Waals surface area contributed by atoms with Crippen molar-refractivity contribution in [1.82, 2.24) is 15.6 Å². The molecule has 0 saturated heterocycles. The number of hydrogen-bond donors (Lipinski definition) is 3. The fourth-order valence-corrected chi connectivity index (χ4v) is 6.34. The number of pyridine rings is 1. The Labute approximate surface area is 269 Å². The number of allylic oxidation sites excluding steroid dienone is 1. The SMILES string of the molecule is C=Nc1cc(-c2ccc(C(=O)C(CC)CCCC(CCC)NC)cn2)sc1C(=CC)Oc1ccc(NC(=O)NC2CC2)cc1F. The van der Waals surface area contributed by atoms with Gasteiger partial charge in [0.05, 0.1) is 21.1 Å². The van der Waals surface area contributed by atoms with Crippen LogP contribution < -0.4 is 20.7 Å². The number of urea groups is 1. The normalized spacial score (nSPS) is 14.5. The van der Waals surface area contributed by atoms with Crippen molar-refractivity contribution in [3.05, 3.63) is 64.9 Å². The topological polar surface area (TPSA) is 105 Å². The number of thiophene rings is 1. The largest absolute Gasteiger partial charge is 0.453 e. The summed E-state index contributed by atoms with van der Waals surface area (Å²) in [5.74, 6) is -0.0825. The molecule has 240 valence electrons. The fraction of sp³-hybridized carbons (Fsp3) is 0.429. The van der Waals surface area contributed by atoms with Gasteiger partial charge >= 0.3 is 6.03 Å². The van der Waals surface area contributed by atoms with Crippen LogP contribution in [0, 0.1) is 11.7 Å². The second-order valence-electron chi connectivity index (χ2n) is 11.4. The van der Waals surface area contributed by atoms with Crippen molar-refractivity contribution in [2.75, 3.05) is 12.4 Å². The third kappa shape index (κ3) is 9.31. The molecular weight excluding hydrogens is 589 g/mol. The summed E-state index contributed by atoms with van der Waals surface area (Å²) in [6.45, 7) is 9.76. The maximum Gasteiger partial charge on any atom is 0.319 e. The van der Waals surface area contributed by atoms with Crippen LogP contribution in [0.5, 0.6) is 5.75 Å². The highest BCUT2D eigenvalue weighted by Gasteiger charge is 2.24. The van der Waals surface area contributed by atoms with Gasteiger partial charge in [-0.2, -0.15) is 0 Å². The number of rotatable bonds is 17. The molecule has 8 nitrogen and oxygen atoms in total. The second kappa shape index (κ2) is 16.4. The van der Waals surface area contributed by atoms with Crippen molar-refractivity contribution in [2.24, 2.45) is 10.9 Å². The minimum atomic E-state index is -0.612. The quantitative estimate of drug-likeness (QED) is 0.0783. The molecular formula is C35H44FN5O3S. The van der Waals surface area contributed by atoms with E-state index in [-0.39, 0.29) is 29.5 Å². The number of nitrogens with one attached hydrogen (secondary N) is 3. The average molecular weight is 634 g/mol. The average Bonchev–Trinajstić information content (AvgIpc) is 3.76. The molecule has 2 amide bonds. The van der Waals surface area contributed by atoms with E-state index in [1.54, 1.807) is 25.3 Å². The van der Waals surface area contributed by atoms with E-state index in [0.717, 1.165) is 56.2 Å². The van der Waals surface area contributed by atoms with Crippen molar-refractivity contribution < 1.29 is 18.7 Å². The van der Waals surface area contributed by atoms with Gasteiger partial charge in [-0.1, -0.05) is 26.7 Å². The van der Waals surface area contributed by atoms with Crippen LogP contribution in [0.3, 0.4) is 0 Å². The molecule has 45 heavy (non-hydrogen) atoms. The molecule has 3 aromatic rings. The predicted molar refractivity (Wildman–Crippen MR) is 182 cm³/mol. The number of aromatic nitrogens is 1. The van der Waals surface area contributed by atoms with Crippen LogP contribution in [0.15, 0.2) is 53.7 Å². The van der Waals surface area contributed by atoms with Crippen molar-refractivity contribution >= 4 is 47.0 Å². The summed E-state index contributed by atoms with van der Waals surface area (Å²) in [7, 11) is 2.00. The van der Waals surface area contributed by atoms with Crippen LogP contribution >= 0.6 is 11.3 Å². The number of aliphatic imine (C=N–C) groups is 1. The Bertz CT molecular complexity index is 1500. The van der Waals surface area contributed by atoms with Gasteiger partial charge in [-0.25, -0.2) is 9.18 Å². The Kier molecular flexibility index (Phi) is 12.4. The Hall–Kier alpha value is -3.89. The Morgan fingerprint density at radius 2 is 1.98 bits per heavy atom. The first-order valence-electron chi connectivity index (χ1n) is 15.8. The predicted octanol–water partition coefficient (Wildman–Crippen LogP) is 8.77. The molecule has 0 bridgehead atoms. The van der Waals surface area contributed by atoms with Crippen LogP contribution in [0.4, 0.5) is 20.6 Å². The highest BCUT2D eigenvalue weighted by atomic mass is 32.1. The molecule has 1 aliphatic rings. The number of carbonyl (C=O) groups is 2. The molecule has 10 heteroatoms. The molecule has 4 rings (SSSR count). The van der Waals surface area contributed by atoms with Gasteiger partial charge in [0.1, 0.15) is 5.76 Å². The van der Waals surface area contributed by atoms with E-state index in [0.29, 0.717) is 39.3 Å². The molecule has 3 N–H and O–H groups in total. The number of ketones is 1. The van der Waals surface area contributed by atoms with Gasteiger partial charge in [-0.3, -0.25) is 14.8 Å². The number of ether oxygens (including phenoxy) is 1. The van der Waals surface area contributed by atoms with E-state index >= 15 is 0 Å². The molecule has 0 radical (unpaired) electrons.